The van der Waals surface area contributed by atoms with Crippen LogP contribution in [0.15, 0.2) is 0 Å². The second-order valence-electron chi connectivity index (χ2n) is 7.18. The molecule has 0 saturated carbocycles. The van der Waals surface area contributed by atoms with E-state index in [0.717, 1.165) is 13.1 Å². The molecule has 0 aromatic rings. The molecule has 0 atom stereocenters. The van der Waals surface area contributed by atoms with Crippen LogP contribution in [0.3, 0.4) is 0 Å². The molecule has 0 unspecified atom stereocenters. The Morgan fingerprint density at radius 2 is 1.17 bits per heavy atom. The van der Waals surface area contributed by atoms with Crippen molar-refractivity contribution in [2.24, 2.45) is 0 Å². The zero-order valence-electron chi connectivity index (χ0n) is 17.7. The molecular weight excluding hydrogens is 314 g/mol. The van der Waals surface area contributed by atoms with Gasteiger partial charge < -0.3 is 19.1 Å². The molecule has 0 aliphatic carbocycles. The van der Waals surface area contributed by atoms with Crippen LogP contribution in [0.4, 0.5) is 0 Å². The molecule has 0 aromatic carbocycles. The largest absolute Gasteiger partial charge is 0.420 e. The Labute approximate surface area is 153 Å². The van der Waals surface area contributed by atoms with E-state index in [9.17, 15) is 0 Å². The highest BCUT2D eigenvalue weighted by Gasteiger charge is 2.29. The van der Waals surface area contributed by atoms with E-state index in [2.05, 4.69) is 56.5 Å². The predicted octanol–water partition coefficient (Wildman–Crippen LogP) is 3.60. The van der Waals surface area contributed by atoms with E-state index < -0.39 is 8.32 Å². The molecule has 5 heteroatoms. The van der Waals surface area contributed by atoms with Gasteiger partial charge >= 0.3 is 0 Å². The summed E-state index contributed by atoms with van der Waals surface area (Å²) in [6, 6.07) is 3.76. The quantitative estimate of drug-likeness (QED) is 0.392. The molecule has 24 heavy (non-hydrogen) atoms. The minimum atomic E-state index is -1.48. The van der Waals surface area contributed by atoms with Crippen LogP contribution in [0.1, 0.15) is 40.5 Å². The van der Waals surface area contributed by atoms with Gasteiger partial charge in [0, 0.05) is 7.11 Å². The summed E-state index contributed by atoms with van der Waals surface area (Å²) in [7, 11) is 4.90. The zero-order chi connectivity index (χ0) is 18.4. The van der Waals surface area contributed by atoms with Gasteiger partial charge in [-0.1, -0.05) is 27.7 Å². The fraction of sp³-hybridized carbons (Fsp3) is 1.00. The third-order valence-corrected chi connectivity index (χ3v) is 10.3. The minimum Gasteiger partial charge on any atom is -0.420 e. The van der Waals surface area contributed by atoms with Crippen LogP contribution in [0, 0.1) is 0 Å². The number of hydrogen-bond donors (Lipinski definition) is 0. The molecule has 0 radical (unpaired) electrons. The molecule has 0 fully saturated rings. The van der Waals surface area contributed by atoms with Crippen molar-refractivity contribution in [3.05, 3.63) is 0 Å². The van der Waals surface area contributed by atoms with Crippen LogP contribution in [0.2, 0.25) is 18.1 Å². The standard InChI is InChI=1S/C19H45N3OSi/c1-8-20(5)14-12-16-22(17-13-15-21(6)9-2)18-19-24(10-3,11-4)23-7/h8-19H2,1-7H3. The zero-order valence-corrected chi connectivity index (χ0v) is 18.7. The molecular formula is C19H45N3OSi. The summed E-state index contributed by atoms with van der Waals surface area (Å²) in [5.74, 6) is 0. The summed E-state index contributed by atoms with van der Waals surface area (Å²) >= 11 is 0. The van der Waals surface area contributed by atoms with Gasteiger partial charge in [0.2, 0.25) is 0 Å². The lowest BCUT2D eigenvalue weighted by molar-refractivity contribution is 0.236. The monoisotopic (exact) mass is 359 g/mol. The third-order valence-electron chi connectivity index (χ3n) is 5.71. The summed E-state index contributed by atoms with van der Waals surface area (Å²) < 4.78 is 6.00. The van der Waals surface area contributed by atoms with Crippen molar-refractivity contribution in [2.45, 2.75) is 58.7 Å². The Bertz CT molecular complexity index is 264. The van der Waals surface area contributed by atoms with Crippen molar-refractivity contribution >= 4 is 8.32 Å². The molecule has 0 aromatic heterocycles. The van der Waals surface area contributed by atoms with Crippen LogP contribution in [0.5, 0.6) is 0 Å². The molecule has 0 heterocycles. The van der Waals surface area contributed by atoms with Crippen molar-refractivity contribution in [1.29, 1.82) is 0 Å². The lowest BCUT2D eigenvalue weighted by atomic mass is 10.3. The van der Waals surface area contributed by atoms with E-state index in [-0.39, 0.29) is 0 Å². The number of hydrogen-bond acceptors (Lipinski definition) is 4. The van der Waals surface area contributed by atoms with E-state index in [4.69, 9.17) is 4.43 Å². The maximum Gasteiger partial charge on any atom is 0.192 e. The first kappa shape index (κ1) is 24.1. The molecule has 0 amide bonds. The Morgan fingerprint density at radius 3 is 1.50 bits per heavy atom. The van der Waals surface area contributed by atoms with Crippen molar-refractivity contribution in [3.8, 4) is 0 Å². The topological polar surface area (TPSA) is 19.0 Å². The number of nitrogens with zero attached hydrogens (tertiary/aromatic N) is 3. The van der Waals surface area contributed by atoms with Gasteiger partial charge in [-0.2, -0.15) is 0 Å². The van der Waals surface area contributed by atoms with Gasteiger partial charge in [0.05, 0.1) is 0 Å². The van der Waals surface area contributed by atoms with Crippen LogP contribution in [0.25, 0.3) is 0 Å². The normalized spacial score (nSPS) is 12.8. The van der Waals surface area contributed by atoms with Crippen LogP contribution in [-0.4, -0.2) is 90.0 Å². The average Bonchev–Trinajstić information content (AvgIpc) is 2.62. The van der Waals surface area contributed by atoms with Gasteiger partial charge in [-0.3, -0.25) is 0 Å². The second-order valence-corrected chi connectivity index (χ2v) is 11.9. The fourth-order valence-corrected chi connectivity index (χ4v) is 5.85. The van der Waals surface area contributed by atoms with Crippen molar-refractivity contribution in [3.63, 3.8) is 0 Å². The van der Waals surface area contributed by atoms with E-state index in [1.165, 1.54) is 63.7 Å². The van der Waals surface area contributed by atoms with Crippen molar-refractivity contribution in [1.82, 2.24) is 14.7 Å². The maximum atomic E-state index is 6.00. The first-order valence-electron chi connectivity index (χ1n) is 10.1. The summed E-state index contributed by atoms with van der Waals surface area (Å²) in [4.78, 5) is 7.52. The predicted molar refractivity (Wildman–Crippen MR) is 111 cm³/mol. The fourth-order valence-electron chi connectivity index (χ4n) is 3.14. The van der Waals surface area contributed by atoms with Gasteiger partial charge in [-0.05, 0) is 90.9 Å². The summed E-state index contributed by atoms with van der Waals surface area (Å²) in [5, 5.41) is 0. The molecule has 146 valence electrons. The highest BCUT2D eigenvalue weighted by Crippen LogP contribution is 2.21. The number of rotatable bonds is 16. The summed E-state index contributed by atoms with van der Waals surface area (Å²) in [5.41, 5.74) is 0. The van der Waals surface area contributed by atoms with E-state index in [0.29, 0.717) is 0 Å². The van der Waals surface area contributed by atoms with Gasteiger partial charge in [0.15, 0.2) is 8.32 Å². The molecule has 0 bridgehead atoms. The average molecular weight is 360 g/mol. The van der Waals surface area contributed by atoms with E-state index in [1.54, 1.807) is 0 Å². The highest BCUT2D eigenvalue weighted by atomic mass is 28.4. The maximum absolute atomic E-state index is 6.00. The molecule has 0 saturated heterocycles. The van der Waals surface area contributed by atoms with E-state index >= 15 is 0 Å². The molecule has 4 nitrogen and oxygen atoms in total. The molecule has 0 spiro atoms. The first-order valence-corrected chi connectivity index (χ1v) is 12.6. The van der Waals surface area contributed by atoms with Crippen LogP contribution in [-0.2, 0) is 4.43 Å². The second kappa shape index (κ2) is 14.2. The molecule has 0 rings (SSSR count). The Kier molecular flexibility index (Phi) is 14.3. The van der Waals surface area contributed by atoms with Crippen LogP contribution >= 0.6 is 0 Å². The van der Waals surface area contributed by atoms with E-state index in [1.807, 2.05) is 7.11 Å². The SMILES string of the molecule is CCN(C)CCCN(CCCN(C)CC)CC[Si](CC)(CC)OC. The van der Waals surface area contributed by atoms with Crippen molar-refractivity contribution in [2.75, 3.05) is 67.0 Å². The Balaban J connectivity index is 4.43. The smallest absolute Gasteiger partial charge is 0.192 e. The Hall–Kier alpha value is 0.0569. The minimum absolute atomic E-state index is 1.15. The van der Waals surface area contributed by atoms with Gasteiger partial charge in [-0.25, -0.2) is 0 Å². The molecule has 0 aliphatic heterocycles. The van der Waals surface area contributed by atoms with Crippen LogP contribution < -0.4 is 0 Å². The highest BCUT2D eigenvalue weighted by molar-refractivity contribution is 6.73. The third kappa shape index (κ3) is 10.1. The van der Waals surface area contributed by atoms with Gasteiger partial charge in [0.25, 0.3) is 0 Å². The van der Waals surface area contributed by atoms with Gasteiger partial charge in [0.1, 0.15) is 0 Å². The van der Waals surface area contributed by atoms with Crippen molar-refractivity contribution < 1.29 is 4.43 Å². The lowest BCUT2D eigenvalue weighted by Crippen LogP contribution is -2.41. The lowest BCUT2D eigenvalue weighted by Gasteiger charge is -2.31. The molecule has 0 aliphatic rings. The first-order chi connectivity index (χ1) is 11.5. The Morgan fingerprint density at radius 1 is 0.708 bits per heavy atom. The molecule has 0 N–H and O–H groups in total. The summed E-state index contributed by atoms with van der Waals surface area (Å²) in [6.45, 7) is 17.5. The summed E-state index contributed by atoms with van der Waals surface area (Å²) in [6.07, 6.45) is 2.54. The van der Waals surface area contributed by atoms with Gasteiger partial charge in [-0.15, -0.1) is 0 Å².